The molecule has 2 atom stereocenters. The minimum atomic E-state index is -0.0805. The van der Waals surface area contributed by atoms with Gasteiger partial charge in [-0.3, -0.25) is 4.79 Å². The first-order valence-corrected chi connectivity index (χ1v) is 15.1. The Morgan fingerprint density at radius 3 is 1.56 bits per heavy atom. The average molecular weight is 467 g/mol. The summed E-state index contributed by atoms with van der Waals surface area (Å²) >= 11 is 0. The van der Waals surface area contributed by atoms with E-state index in [0.717, 1.165) is 12.8 Å². The van der Waals surface area contributed by atoms with Gasteiger partial charge in [-0.15, -0.1) is 0 Å². The average Bonchev–Trinajstić information content (AvgIpc) is 2.79. The molecule has 0 bridgehead atoms. The Morgan fingerprint density at radius 2 is 1.06 bits per heavy atom. The summed E-state index contributed by atoms with van der Waals surface area (Å²) in [5, 5.41) is 0. The highest BCUT2D eigenvalue weighted by atomic mass is 31.0. The molecule has 0 amide bonds. The second-order valence-electron chi connectivity index (χ2n) is 10.2. The molecule has 2 unspecified atom stereocenters. The Kier molecular flexibility index (Phi) is 22.5. The van der Waals surface area contributed by atoms with Crippen molar-refractivity contribution in [1.82, 2.24) is 0 Å². The summed E-state index contributed by atoms with van der Waals surface area (Å²) in [6.45, 7) is 9.10. The van der Waals surface area contributed by atoms with E-state index in [-0.39, 0.29) is 5.41 Å². The van der Waals surface area contributed by atoms with Crippen molar-refractivity contribution in [2.75, 3.05) is 0 Å². The van der Waals surface area contributed by atoms with Crippen LogP contribution in [0, 0.1) is 11.3 Å². The lowest BCUT2D eigenvalue weighted by Gasteiger charge is -2.40. The third-order valence-electron chi connectivity index (χ3n) is 7.45. The van der Waals surface area contributed by atoms with E-state index in [0.29, 0.717) is 11.4 Å². The van der Waals surface area contributed by atoms with E-state index in [4.69, 9.17) is 0 Å². The molecule has 1 nitrogen and oxygen atoms in total. The van der Waals surface area contributed by atoms with Gasteiger partial charge in [0.15, 0.2) is 5.52 Å². The highest BCUT2D eigenvalue weighted by molar-refractivity contribution is 7.40. The molecular formula is C30H59OP. The van der Waals surface area contributed by atoms with E-state index in [1.807, 2.05) is 0 Å². The van der Waals surface area contributed by atoms with E-state index in [1.54, 1.807) is 0 Å². The minimum Gasteiger partial charge on any atom is -0.295 e. The predicted octanol–water partition coefficient (Wildman–Crippen LogP) is 10.8. The highest BCUT2D eigenvalue weighted by Gasteiger charge is 2.41. The molecule has 0 fully saturated rings. The Bertz CT molecular complexity index is 434. The molecule has 0 aromatic rings. The third-order valence-corrected chi connectivity index (χ3v) is 8.02. The molecule has 190 valence electrons. The minimum absolute atomic E-state index is 0.0805. The Hall–Kier alpha value is -0.160. The lowest BCUT2D eigenvalue weighted by molar-refractivity contribution is -0.124. The third kappa shape index (κ3) is 14.9. The maximum atomic E-state index is 13.0. The zero-order valence-corrected chi connectivity index (χ0v) is 23.7. The van der Waals surface area contributed by atoms with Crippen LogP contribution >= 0.6 is 9.24 Å². The first kappa shape index (κ1) is 31.8. The number of carbonyl (C=O) groups excluding carboxylic acids is 1. The van der Waals surface area contributed by atoms with Gasteiger partial charge < -0.3 is 0 Å². The molecule has 2 heteroatoms. The van der Waals surface area contributed by atoms with Gasteiger partial charge in [0.2, 0.25) is 0 Å². The molecule has 0 aromatic heterocycles. The first-order valence-electron chi connectivity index (χ1n) is 14.5. The molecule has 0 saturated carbocycles. The summed E-state index contributed by atoms with van der Waals surface area (Å²) in [7, 11) is 2.60. The van der Waals surface area contributed by atoms with Crippen LogP contribution in [0.25, 0.3) is 0 Å². The van der Waals surface area contributed by atoms with E-state index >= 15 is 0 Å². The highest BCUT2D eigenvalue weighted by Crippen LogP contribution is 2.46. The van der Waals surface area contributed by atoms with Crippen molar-refractivity contribution in [3.63, 3.8) is 0 Å². The van der Waals surface area contributed by atoms with E-state index in [9.17, 15) is 4.79 Å². The monoisotopic (exact) mass is 466 g/mol. The Balaban J connectivity index is 4.47. The summed E-state index contributed by atoms with van der Waals surface area (Å²) in [5.41, 5.74) is 0.321. The van der Waals surface area contributed by atoms with Crippen LogP contribution in [0.5, 0.6) is 0 Å². The maximum Gasteiger partial charge on any atom is 0.154 e. The number of unbranched alkanes of at least 4 members (excludes halogenated alkanes) is 12. The van der Waals surface area contributed by atoms with E-state index in [2.05, 4.69) is 49.1 Å². The van der Waals surface area contributed by atoms with Crippen molar-refractivity contribution >= 4 is 14.8 Å². The van der Waals surface area contributed by atoms with Gasteiger partial charge in [-0.25, -0.2) is 0 Å². The fraction of sp³-hybridized carbons (Fsp3) is 0.900. The van der Waals surface area contributed by atoms with Crippen LogP contribution < -0.4 is 0 Å². The fourth-order valence-electron chi connectivity index (χ4n) is 5.22. The van der Waals surface area contributed by atoms with Gasteiger partial charge in [0.05, 0.1) is 0 Å². The Labute approximate surface area is 205 Å². The summed E-state index contributed by atoms with van der Waals surface area (Å²) in [6, 6.07) is 0. The van der Waals surface area contributed by atoms with Gasteiger partial charge in [0.1, 0.15) is 0 Å². The zero-order chi connectivity index (χ0) is 23.9. The van der Waals surface area contributed by atoms with Gasteiger partial charge in [-0.2, -0.15) is 0 Å². The van der Waals surface area contributed by atoms with Crippen molar-refractivity contribution in [1.29, 1.82) is 0 Å². The standard InChI is InChI=1S/C30H59OP/c1-5-9-13-14-15-16-17-18-19-20-21-22-23-25-28(24-10-6-2)30(29(31)32,26-11-7-3)27-12-8-4/h18-19,28H,5-17,20-27,32H2,1-4H3. The summed E-state index contributed by atoms with van der Waals surface area (Å²) in [5.74, 6) is 0.578. The molecule has 32 heavy (non-hydrogen) atoms. The van der Waals surface area contributed by atoms with Crippen molar-refractivity contribution in [2.45, 2.75) is 163 Å². The number of hydrogen-bond donors (Lipinski definition) is 0. The fourth-order valence-corrected chi connectivity index (χ4v) is 5.75. The molecular weight excluding hydrogens is 407 g/mol. The second kappa shape index (κ2) is 22.6. The normalized spacial score (nSPS) is 13.2. The predicted molar refractivity (Wildman–Crippen MR) is 149 cm³/mol. The second-order valence-corrected chi connectivity index (χ2v) is 10.8. The molecule has 0 radical (unpaired) electrons. The first-order chi connectivity index (χ1) is 15.6. The van der Waals surface area contributed by atoms with Crippen LogP contribution in [0.2, 0.25) is 0 Å². The van der Waals surface area contributed by atoms with Gasteiger partial charge in [-0.1, -0.05) is 133 Å². The number of rotatable bonds is 24. The summed E-state index contributed by atoms with van der Waals surface area (Å²) < 4.78 is 0. The van der Waals surface area contributed by atoms with Crippen LogP contribution in [0.3, 0.4) is 0 Å². The zero-order valence-electron chi connectivity index (χ0n) is 22.6. The van der Waals surface area contributed by atoms with E-state index in [1.165, 1.54) is 122 Å². The van der Waals surface area contributed by atoms with Gasteiger partial charge >= 0.3 is 0 Å². The van der Waals surface area contributed by atoms with Crippen LogP contribution in [-0.4, -0.2) is 5.52 Å². The molecule has 0 aliphatic carbocycles. The molecule has 0 spiro atoms. The summed E-state index contributed by atoms with van der Waals surface area (Å²) in [6.07, 6.45) is 31.5. The molecule has 0 saturated heterocycles. The van der Waals surface area contributed by atoms with Crippen LogP contribution in [-0.2, 0) is 4.79 Å². The van der Waals surface area contributed by atoms with Crippen molar-refractivity contribution in [2.24, 2.45) is 11.3 Å². The number of hydrogen-bond acceptors (Lipinski definition) is 1. The Morgan fingerprint density at radius 1 is 0.625 bits per heavy atom. The smallest absolute Gasteiger partial charge is 0.154 e. The molecule has 0 aliphatic rings. The molecule has 0 aliphatic heterocycles. The lowest BCUT2D eigenvalue weighted by atomic mass is 9.66. The maximum absolute atomic E-state index is 13.0. The van der Waals surface area contributed by atoms with Gasteiger partial charge in [0, 0.05) is 5.41 Å². The lowest BCUT2D eigenvalue weighted by Crippen LogP contribution is -2.36. The van der Waals surface area contributed by atoms with Crippen molar-refractivity contribution < 1.29 is 4.79 Å². The van der Waals surface area contributed by atoms with Crippen LogP contribution in [0.15, 0.2) is 12.2 Å². The molecule has 0 rings (SSSR count). The topological polar surface area (TPSA) is 17.1 Å². The van der Waals surface area contributed by atoms with Gasteiger partial charge in [-0.05, 0) is 57.3 Å². The van der Waals surface area contributed by atoms with Crippen LogP contribution in [0.1, 0.15) is 163 Å². The summed E-state index contributed by atoms with van der Waals surface area (Å²) in [4.78, 5) is 13.0. The van der Waals surface area contributed by atoms with Crippen molar-refractivity contribution in [3.05, 3.63) is 12.2 Å². The molecule has 0 heterocycles. The molecule has 0 aromatic carbocycles. The van der Waals surface area contributed by atoms with Crippen LogP contribution in [0.4, 0.5) is 0 Å². The van der Waals surface area contributed by atoms with Crippen molar-refractivity contribution in [3.8, 4) is 0 Å². The molecule has 0 N–H and O–H groups in total. The quantitative estimate of drug-likeness (QED) is 0.0785. The number of carbonyl (C=O) groups is 1. The SMILES string of the molecule is CCCCCCCCC=CCCCCCC(CCCC)C(CCCC)(CCCC)C(=O)P. The van der Waals surface area contributed by atoms with E-state index < -0.39 is 0 Å². The number of allylic oxidation sites excluding steroid dienone is 2. The van der Waals surface area contributed by atoms with Gasteiger partial charge in [0.25, 0.3) is 0 Å². The largest absolute Gasteiger partial charge is 0.295 e.